The Bertz CT molecular complexity index is 781. The van der Waals surface area contributed by atoms with Gasteiger partial charge in [-0.1, -0.05) is 12.1 Å². The van der Waals surface area contributed by atoms with Crippen LogP contribution in [0.15, 0.2) is 24.3 Å². The van der Waals surface area contributed by atoms with Crippen LogP contribution in [0.4, 0.5) is 0 Å². The van der Waals surface area contributed by atoms with Crippen molar-refractivity contribution in [2.75, 3.05) is 6.26 Å². The van der Waals surface area contributed by atoms with Gasteiger partial charge in [-0.25, -0.2) is 13.4 Å². The topological polar surface area (TPSA) is 72.2 Å². The Balaban J connectivity index is 1.99. The molecular weight excluding hydrogens is 288 g/mol. The molecule has 1 saturated carbocycles. The molecular formula is C15H20N2O3S. The van der Waals surface area contributed by atoms with Crippen molar-refractivity contribution < 1.29 is 13.5 Å². The van der Waals surface area contributed by atoms with Gasteiger partial charge >= 0.3 is 0 Å². The second-order valence-electron chi connectivity index (χ2n) is 6.07. The zero-order chi connectivity index (χ0) is 15.3. The fourth-order valence-electron chi connectivity index (χ4n) is 3.47. The van der Waals surface area contributed by atoms with E-state index in [1.54, 1.807) is 0 Å². The summed E-state index contributed by atoms with van der Waals surface area (Å²) in [5, 5.41) is 10.2. The third-order valence-electron chi connectivity index (χ3n) is 4.54. The summed E-state index contributed by atoms with van der Waals surface area (Å²) in [6.07, 6.45) is 3.25. The third kappa shape index (κ3) is 2.46. The Hall–Kier alpha value is -1.40. The average molecular weight is 308 g/mol. The van der Waals surface area contributed by atoms with Gasteiger partial charge in [0.25, 0.3) is 0 Å². The number of benzene rings is 1. The van der Waals surface area contributed by atoms with Crippen molar-refractivity contribution in [3.8, 4) is 0 Å². The molecule has 114 valence electrons. The molecule has 0 aliphatic heterocycles. The van der Waals surface area contributed by atoms with Crippen molar-refractivity contribution >= 4 is 20.9 Å². The van der Waals surface area contributed by atoms with Gasteiger partial charge in [-0.3, -0.25) is 0 Å². The van der Waals surface area contributed by atoms with E-state index in [0.717, 1.165) is 23.3 Å². The van der Waals surface area contributed by atoms with E-state index in [0.29, 0.717) is 12.8 Å². The molecule has 1 aromatic heterocycles. The van der Waals surface area contributed by atoms with Gasteiger partial charge < -0.3 is 9.67 Å². The van der Waals surface area contributed by atoms with Crippen LogP contribution in [-0.2, 0) is 23.3 Å². The first-order chi connectivity index (χ1) is 9.81. The molecule has 0 radical (unpaired) electrons. The van der Waals surface area contributed by atoms with E-state index in [4.69, 9.17) is 0 Å². The van der Waals surface area contributed by atoms with E-state index < -0.39 is 20.7 Å². The summed E-state index contributed by atoms with van der Waals surface area (Å²) in [7, 11) is -1.36. The van der Waals surface area contributed by atoms with Gasteiger partial charge in [-0.05, 0) is 31.4 Å². The first-order valence-corrected chi connectivity index (χ1v) is 9.08. The molecule has 2 aromatic rings. The van der Waals surface area contributed by atoms with Gasteiger partial charge in [0.15, 0.2) is 9.84 Å². The SMILES string of the molecule is Cn1c(CC2(O)CCCC2S(C)(=O)=O)nc2ccccc21. The number of aryl methyl sites for hydroxylation is 1. The van der Waals surface area contributed by atoms with Crippen LogP contribution in [-0.4, -0.2) is 40.2 Å². The van der Waals surface area contributed by atoms with E-state index in [-0.39, 0.29) is 6.42 Å². The molecule has 5 nitrogen and oxygen atoms in total. The third-order valence-corrected chi connectivity index (χ3v) is 6.24. The van der Waals surface area contributed by atoms with Gasteiger partial charge in [0, 0.05) is 19.7 Å². The van der Waals surface area contributed by atoms with Crippen LogP contribution < -0.4 is 0 Å². The molecule has 0 amide bonds. The minimum atomic E-state index is -3.26. The maximum Gasteiger partial charge on any atom is 0.153 e. The highest BCUT2D eigenvalue weighted by Gasteiger charge is 2.47. The first kappa shape index (κ1) is 14.5. The predicted molar refractivity (Wildman–Crippen MR) is 81.9 cm³/mol. The van der Waals surface area contributed by atoms with Crippen LogP contribution in [0, 0.1) is 0 Å². The Kier molecular flexibility index (Phi) is 3.33. The number of imidazole rings is 1. The molecule has 3 rings (SSSR count). The molecule has 1 fully saturated rings. The summed E-state index contributed by atoms with van der Waals surface area (Å²) in [4.78, 5) is 4.55. The van der Waals surface area contributed by atoms with Crippen LogP contribution in [0.25, 0.3) is 11.0 Å². The standard InChI is InChI=1S/C15H20N2O3S/c1-17-12-7-4-3-6-11(12)16-14(17)10-15(18)9-5-8-13(15)21(2,19)20/h3-4,6-7,13,18H,5,8-10H2,1-2H3. The van der Waals surface area contributed by atoms with Crippen LogP contribution in [0.1, 0.15) is 25.1 Å². The minimum absolute atomic E-state index is 0.274. The maximum atomic E-state index is 11.9. The smallest absolute Gasteiger partial charge is 0.153 e. The fraction of sp³-hybridized carbons (Fsp3) is 0.533. The molecule has 21 heavy (non-hydrogen) atoms. The molecule has 1 aliphatic rings. The maximum absolute atomic E-state index is 11.9. The lowest BCUT2D eigenvalue weighted by atomic mass is 9.97. The number of hydrogen-bond acceptors (Lipinski definition) is 4. The molecule has 1 N–H and O–H groups in total. The summed E-state index contributed by atoms with van der Waals surface area (Å²) in [5.74, 6) is 0.731. The zero-order valence-electron chi connectivity index (χ0n) is 12.3. The summed E-state index contributed by atoms with van der Waals surface area (Å²) < 4.78 is 25.8. The fourth-order valence-corrected chi connectivity index (χ4v) is 5.06. The quantitative estimate of drug-likeness (QED) is 0.931. The van der Waals surface area contributed by atoms with Crippen molar-refractivity contribution in [3.05, 3.63) is 30.1 Å². The number of para-hydroxylation sites is 2. The van der Waals surface area contributed by atoms with Crippen LogP contribution >= 0.6 is 0 Å². The molecule has 2 unspecified atom stereocenters. The molecule has 1 aliphatic carbocycles. The lowest BCUT2D eigenvalue weighted by Crippen LogP contribution is -2.44. The van der Waals surface area contributed by atoms with Crippen molar-refractivity contribution in [2.24, 2.45) is 7.05 Å². The summed E-state index contributed by atoms with van der Waals surface area (Å²) in [6, 6.07) is 7.75. The Morgan fingerprint density at radius 2 is 2.14 bits per heavy atom. The molecule has 2 atom stereocenters. The number of sulfone groups is 1. The highest BCUT2D eigenvalue weighted by atomic mass is 32.2. The lowest BCUT2D eigenvalue weighted by molar-refractivity contribution is 0.0487. The van der Waals surface area contributed by atoms with Gasteiger partial charge in [0.05, 0.1) is 21.9 Å². The Morgan fingerprint density at radius 1 is 1.43 bits per heavy atom. The van der Waals surface area contributed by atoms with Crippen molar-refractivity contribution in [2.45, 2.75) is 36.5 Å². The van der Waals surface area contributed by atoms with Crippen LogP contribution in [0.2, 0.25) is 0 Å². The normalized spacial score (nSPS) is 26.5. The van der Waals surface area contributed by atoms with Gasteiger partial charge in [-0.2, -0.15) is 0 Å². The van der Waals surface area contributed by atoms with Gasteiger partial charge in [0.1, 0.15) is 5.82 Å². The number of rotatable bonds is 3. The Labute approximate surface area is 124 Å². The summed E-state index contributed by atoms with van der Waals surface area (Å²) >= 11 is 0. The first-order valence-electron chi connectivity index (χ1n) is 7.13. The largest absolute Gasteiger partial charge is 0.388 e. The predicted octanol–water partition coefficient (Wildman–Crippen LogP) is 1.44. The highest BCUT2D eigenvalue weighted by Crippen LogP contribution is 2.37. The zero-order valence-corrected chi connectivity index (χ0v) is 13.1. The van der Waals surface area contributed by atoms with Crippen molar-refractivity contribution in [1.82, 2.24) is 9.55 Å². The van der Waals surface area contributed by atoms with E-state index in [1.165, 1.54) is 6.26 Å². The molecule has 0 spiro atoms. The second kappa shape index (κ2) is 4.81. The monoisotopic (exact) mass is 308 g/mol. The number of aliphatic hydroxyl groups is 1. The average Bonchev–Trinajstić information content (AvgIpc) is 2.92. The molecule has 1 heterocycles. The summed E-state index contributed by atoms with van der Waals surface area (Å²) in [6.45, 7) is 0. The second-order valence-corrected chi connectivity index (χ2v) is 8.29. The molecule has 0 bridgehead atoms. The van der Waals surface area contributed by atoms with Gasteiger partial charge in [-0.15, -0.1) is 0 Å². The van der Waals surface area contributed by atoms with Crippen LogP contribution in [0.5, 0.6) is 0 Å². The number of nitrogens with zero attached hydrogens (tertiary/aromatic N) is 2. The lowest BCUT2D eigenvalue weighted by Gasteiger charge is -2.28. The number of hydrogen-bond donors (Lipinski definition) is 1. The minimum Gasteiger partial charge on any atom is -0.388 e. The van der Waals surface area contributed by atoms with E-state index in [9.17, 15) is 13.5 Å². The highest BCUT2D eigenvalue weighted by molar-refractivity contribution is 7.91. The molecule has 1 aromatic carbocycles. The Morgan fingerprint density at radius 3 is 2.81 bits per heavy atom. The summed E-state index contributed by atoms with van der Waals surface area (Å²) in [5.41, 5.74) is 0.653. The van der Waals surface area contributed by atoms with Crippen molar-refractivity contribution in [1.29, 1.82) is 0 Å². The van der Waals surface area contributed by atoms with E-state index >= 15 is 0 Å². The van der Waals surface area contributed by atoms with Crippen LogP contribution in [0.3, 0.4) is 0 Å². The van der Waals surface area contributed by atoms with E-state index in [2.05, 4.69) is 4.98 Å². The van der Waals surface area contributed by atoms with Gasteiger partial charge in [0.2, 0.25) is 0 Å². The molecule has 0 saturated heterocycles. The number of aromatic nitrogens is 2. The molecule has 6 heteroatoms. The van der Waals surface area contributed by atoms with E-state index in [1.807, 2.05) is 35.9 Å². The van der Waals surface area contributed by atoms with Crippen molar-refractivity contribution in [3.63, 3.8) is 0 Å². The number of fused-ring (bicyclic) bond motifs is 1.